The third-order valence-electron chi connectivity index (χ3n) is 3.13. The predicted molar refractivity (Wildman–Crippen MR) is 68.2 cm³/mol. The summed E-state index contributed by atoms with van der Waals surface area (Å²) in [6.45, 7) is 4.34. The molecule has 0 saturated carbocycles. The van der Waals surface area contributed by atoms with E-state index in [2.05, 4.69) is 11.8 Å². The number of nitrogens with zero attached hydrogens (tertiary/aromatic N) is 1. The summed E-state index contributed by atoms with van der Waals surface area (Å²) in [5.74, 6) is 0.116. The van der Waals surface area contributed by atoms with Gasteiger partial charge in [-0.2, -0.15) is 0 Å². The van der Waals surface area contributed by atoms with Gasteiger partial charge >= 0.3 is 0 Å². The molecule has 0 aromatic heterocycles. The Morgan fingerprint density at radius 1 is 1.47 bits per heavy atom. The molecule has 4 heteroatoms. The Hall–Kier alpha value is -0.800. The molecule has 1 atom stereocenters. The first-order valence-corrected chi connectivity index (χ1v) is 6.48. The molecule has 1 unspecified atom stereocenters. The molecule has 1 saturated heterocycles. The van der Waals surface area contributed by atoms with Crippen LogP contribution in [0.1, 0.15) is 18.9 Å². The van der Waals surface area contributed by atoms with E-state index in [0.29, 0.717) is 25.1 Å². The first-order valence-electron chi connectivity index (χ1n) is 5.94. The quantitative estimate of drug-likeness (QED) is 0.771. The van der Waals surface area contributed by atoms with Crippen molar-refractivity contribution >= 4 is 17.3 Å². The maximum absolute atomic E-state index is 13.5. The average Bonchev–Trinajstić information content (AvgIpc) is 2.37. The zero-order valence-corrected chi connectivity index (χ0v) is 10.7. The van der Waals surface area contributed by atoms with Crippen LogP contribution < -0.4 is 4.90 Å². The second-order valence-corrected chi connectivity index (χ2v) is 4.55. The fourth-order valence-electron chi connectivity index (χ4n) is 2.21. The van der Waals surface area contributed by atoms with E-state index in [9.17, 15) is 4.39 Å². The van der Waals surface area contributed by atoms with Crippen molar-refractivity contribution in [3.05, 3.63) is 29.6 Å². The molecule has 2 rings (SSSR count). The number of benzene rings is 1. The van der Waals surface area contributed by atoms with Crippen molar-refractivity contribution in [3.63, 3.8) is 0 Å². The number of anilines is 1. The van der Waals surface area contributed by atoms with Crippen LogP contribution >= 0.6 is 11.6 Å². The monoisotopic (exact) mass is 257 g/mol. The number of halogens is 2. The highest BCUT2D eigenvalue weighted by Gasteiger charge is 2.22. The molecule has 0 spiro atoms. The van der Waals surface area contributed by atoms with Gasteiger partial charge in [0.05, 0.1) is 19.3 Å². The van der Waals surface area contributed by atoms with E-state index in [-0.39, 0.29) is 5.82 Å². The number of alkyl halides is 1. The van der Waals surface area contributed by atoms with Gasteiger partial charge in [-0.25, -0.2) is 4.39 Å². The van der Waals surface area contributed by atoms with E-state index >= 15 is 0 Å². The van der Waals surface area contributed by atoms with Crippen LogP contribution in [0.3, 0.4) is 0 Å². The summed E-state index contributed by atoms with van der Waals surface area (Å²) < 4.78 is 18.9. The first-order chi connectivity index (χ1) is 8.24. The van der Waals surface area contributed by atoms with Crippen LogP contribution in [0.25, 0.3) is 0 Å². The second kappa shape index (κ2) is 5.69. The summed E-state index contributed by atoms with van der Waals surface area (Å²) in [4.78, 5) is 2.21. The van der Waals surface area contributed by atoms with Gasteiger partial charge in [0.25, 0.3) is 0 Å². The molecule has 0 amide bonds. The normalized spacial score (nSPS) is 20.6. The molecule has 94 valence electrons. The highest BCUT2D eigenvalue weighted by molar-refractivity contribution is 6.17. The molecule has 1 aliphatic rings. The summed E-state index contributed by atoms with van der Waals surface area (Å²) in [5, 5.41) is 0. The Labute approximate surface area is 106 Å². The Balaban J connectivity index is 2.27. The molecule has 1 aromatic carbocycles. The minimum absolute atomic E-state index is 0.223. The van der Waals surface area contributed by atoms with Gasteiger partial charge in [0.15, 0.2) is 0 Å². The topological polar surface area (TPSA) is 12.5 Å². The van der Waals surface area contributed by atoms with Crippen LogP contribution in [0, 0.1) is 5.82 Å². The highest BCUT2D eigenvalue weighted by Crippen LogP contribution is 2.24. The van der Waals surface area contributed by atoms with Crippen LogP contribution in [0.2, 0.25) is 0 Å². The SMILES string of the molecule is CCC1COCCN1c1cc(F)cc(CCl)c1. The molecular weight excluding hydrogens is 241 g/mol. The zero-order chi connectivity index (χ0) is 12.3. The fourth-order valence-corrected chi connectivity index (χ4v) is 2.36. The Bertz CT molecular complexity index is 386. The van der Waals surface area contributed by atoms with Gasteiger partial charge in [0.1, 0.15) is 5.82 Å². The maximum Gasteiger partial charge on any atom is 0.125 e. The van der Waals surface area contributed by atoms with Crippen LogP contribution in [-0.4, -0.2) is 25.8 Å². The summed E-state index contributed by atoms with van der Waals surface area (Å²) >= 11 is 5.77. The van der Waals surface area contributed by atoms with Crippen molar-refractivity contribution in [2.75, 3.05) is 24.7 Å². The number of hydrogen-bond acceptors (Lipinski definition) is 2. The van der Waals surface area contributed by atoms with Crippen LogP contribution in [0.4, 0.5) is 10.1 Å². The lowest BCUT2D eigenvalue weighted by Crippen LogP contribution is -2.45. The largest absolute Gasteiger partial charge is 0.377 e. The maximum atomic E-state index is 13.5. The first kappa shape index (κ1) is 12.7. The molecule has 0 N–H and O–H groups in total. The molecule has 1 fully saturated rings. The summed E-state index contributed by atoms with van der Waals surface area (Å²) in [5.41, 5.74) is 1.74. The Kier molecular flexibility index (Phi) is 4.24. The van der Waals surface area contributed by atoms with Gasteiger partial charge < -0.3 is 9.64 Å². The van der Waals surface area contributed by atoms with Gasteiger partial charge in [0.2, 0.25) is 0 Å². The van der Waals surface area contributed by atoms with E-state index in [4.69, 9.17) is 16.3 Å². The zero-order valence-electron chi connectivity index (χ0n) is 9.96. The lowest BCUT2D eigenvalue weighted by molar-refractivity contribution is 0.0929. The molecular formula is C13H17ClFNO. The minimum Gasteiger partial charge on any atom is -0.377 e. The van der Waals surface area contributed by atoms with E-state index in [0.717, 1.165) is 24.2 Å². The van der Waals surface area contributed by atoms with E-state index in [1.165, 1.54) is 6.07 Å². The number of hydrogen-bond donors (Lipinski definition) is 0. The van der Waals surface area contributed by atoms with Crippen molar-refractivity contribution in [3.8, 4) is 0 Å². The molecule has 0 bridgehead atoms. The summed E-state index contributed by atoms with van der Waals surface area (Å²) in [6, 6.07) is 5.35. The van der Waals surface area contributed by atoms with Crippen molar-refractivity contribution in [1.29, 1.82) is 0 Å². The van der Waals surface area contributed by atoms with Crippen molar-refractivity contribution in [2.45, 2.75) is 25.3 Å². The van der Waals surface area contributed by atoms with Crippen LogP contribution in [-0.2, 0) is 10.6 Å². The second-order valence-electron chi connectivity index (χ2n) is 4.28. The van der Waals surface area contributed by atoms with E-state index in [1.54, 1.807) is 6.07 Å². The molecule has 17 heavy (non-hydrogen) atoms. The van der Waals surface area contributed by atoms with Crippen molar-refractivity contribution in [1.82, 2.24) is 0 Å². The van der Waals surface area contributed by atoms with Crippen molar-refractivity contribution in [2.24, 2.45) is 0 Å². The molecule has 1 aromatic rings. The molecule has 1 aliphatic heterocycles. The van der Waals surface area contributed by atoms with E-state index < -0.39 is 0 Å². The lowest BCUT2D eigenvalue weighted by atomic mass is 10.1. The Morgan fingerprint density at radius 3 is 3.00 bits per heavy atom. The highest BCUT2D eigenvalue weighted by atomic mass is 35.5. The molecule has 0 aliphatic carbocycles. The van der Waals surface area contributed by atoms with Gasteiger partial charge in [-0.15, -0.1) is 11.6 Å². The number of morpholine rings is 1. The standard InChI is InChI=1S/C13H17ClFNO/c1-2-12-9-17-4-3-16(12)13-6-10(8-14)5-11(15)7-13/h5-7,12H,2-4,8-9H2,1H3. The van der Waals surface area contributed by atoms with Gasteiger partial charge in [-0.1, -0.05) is 6.92 Å². The van der Waals surface area contributed by atoms with Crippen molar-refractivity contribution < 1.29 is 9.13 Å². The lowest BCUT2D eigenvalue weighted by Gasteiger charge is -2.37. The van der Waals surface area contributed by atoms with Crippen LogP contribution in [0.15, 0.2) is 18.2 Å². The minimum atomic E-state index is -0.223. The predicted octanol–water partition coefficient (Wildman–Crippen LogP) is 3.18. The van der Waals surface area contributed by atoms with Gasteiger partial charge in [0, 0.05) is 18.1 Å². The molecule has 0 radical (unpaired) electrons. The van der Waals surface area contributed by atoms with Crippen LogP contribution in [0.5, 0.6) is 0 Å². The number of rotatable bonds is 3. The van der Waals surface area contributed by atoms with E-state index in [1.807, 2.05) is 6.07 Å². The smallest absolute Gasteiger partial charge is 0.125 e. The Morgan fingerprint density at radius 2 is 2.29 bits per heavy atom. The fraction of sp³-hybridized carbons (Fsp3) is 0.538. The number of ether oxygens (including phenoxy) is 1. The van der Waals surface area contributed by atoms with Gasteiger partial charge in [-0.3, -0.25) is 0 Å². The third kappa shape index (κ3) is 2.90. The third-order valence-corrected chi connectivity index (χ3v) is 3.44. The average molecular weight is 258 g/mol. The summed E-state index contributed by atoms with van der Waals surface area (Å²) in [7, 11) is 0. The van der Waals surface area contributed by atoms with Gasteiger partial charge in [-0.05, 0) is 30.2 Å². The molecule has 1 heterocycles. The molecule has 2 nitrogen and oxygen atoms in total. The summed E-state index contributed by atoms with van der Waals surface area (Å²) in [6.07, 6.45) is 0.993.